The first-order chi connectivity index (χ1) is 13.9. The van der Waals surface area contributed by atoms with E-state index in [0.717, 1.165) is 13.1 Å². The smallest absolute Gasteiger partial charge is 0.260 e. The van der Waals surface area contributed by atoms with Crippen molar-refractivity contribution in [3.63, 3.8) is 0 Å². The molecule has 152 valence electrons. The van der Waals surface area contributed by atoms with E-state index in [1.54, 1.807) is 41.3 Å². The molecule has 3 aromatic rings. The first kappa shape index (κ1) is 21.1. The van der Waals surface area contributed by atoms with E-state index in [0.29, 0.717) is 34.0 Å². The van der Waals surface area contributed by atoms with Gasteiger partial charge in [0.1, 0.15) is 11.3 Å². The molecule has 1 heterocycles. The molecule has 0 saturated heterocycles. The van der Waals surface area contributed by atoms with Gasteiger partial charge in [-0.25, -0.2) is 9.37 Å². The minimum Gasteiger partial charge on any atom is -0.302 e. The maximum absolute atomic E-state index is 14.1. The average Bonchev–Trinajstić information content (AvgIpc) is 3.16. The number of hydrogen-bond donors (Lipinski definition) is 0. The first-order valence-electron chi connectivity index (χ1n) is 9.64. The highest BCUT2D eigenvalue weighted by molar-refractivity contribution is 7.22. The Morgan fingerprint density at radius 1 is 1.00 bits per heavy atom. The number of thiazole rings is 1. The predicted octanol–water partition coefficient (Wildman–Crippen LogP) is 4.63. The monoisotopic (exact) mass is 413 g/mol. The molecule has 2 aromatic carbocycles. The second-order valence-electron chi connectivity index (χ2n) is 6.70. The maximum Gasteiger partial charge on any atom is 0.260 e. The van der Waals surface area contributed by atoms with Gasteiger partial charge in [0.2, 0.25) is 0 Å². The van der Waals surface area contributed by atoms with Crippen molar-refractivity contribution in [2.24, 2.45) is 0 Å². The van der Waals surface area contributed by atoms with Crippen LogP contribution in [0.15, 0.2) is 42.5 Å². The molecule has 0 bridgehead atoms. The van der Waals surface area contributed by atoms with Gasteiger partial charge in [0.05, 0.1) is 4.70 Å². The largest absolute Gasteiger partial charge is 0.302 e. The van der Waals surface area contributed by atoms with Gasteiger partial charge in [-0.15, -0.1) is 0 Å². The van der Waals surface area contributed by atoms with Crippen molar-refractivity contribution in [3.8, 4) is 0 Å². The van der Waals surface area contributed by atoms with Crippen LogP contribution < -0.4 is 4.90 Å². The van der Waals surface area contributed by atoms with Crippen molar-refractivity contribution < 1.29 is 14.0 Å². The summed E-state index contributed by atoms with van der Waals surface area (Å²) in [5, 5.41) is 0.470. The molecule has 5 nitrogen and oxygen atoms in total. The average molecular weight is 414 g/mol. The number of ketones is 1. The Kier molecular flexibility index (Phi) is 6.71. The second-order valence-corrected chi connectivity index (χ2v) is 7.71. The van der Waals surface area contributed by atoms with E-state index in [2.05, 4.69) is 23.7 Å². The third-order valence-electron chi connectivity index (χ3n) is 4.91. The number of para-hydroxylation sites is 1. The van der Waals surface area contributed by atoms with Crippen LogP contribution in [0, 0.1) is 5.82 Å². The normalized spacial score (nSPS) is 11.2. The fourth-order valence-electron chi connectivity index (χ4n) is 3.09. The lowest BCUT2D eigenvalue weighted by atomic mass is 10.1. The lowest BCUT2D eigenvalue weighted by molar-refractivity contribution is 0.0980. The van der Waals surface area contributed by atoms with Crippen LogP contribution in [-0.4, -0.2) is 47.8 Å². The number of hydrogen-bond acceptors (Lipinski definition) is 5. The van der Waals surface area contributed by atoms with Gasteiger partial charge >= 0.3 is 0 Å². The maximum atomic E-state index is 14.1. The summed E-state index contributed by atoms with van der Waals surface area (Å²) < 4.78 is 14.8. The van der Waals surface area contributed by atoms with Gasteiger partial charge in [-0.3, -0.25) is 14.5 Å². The van der Waals surface area contributed by atoms with E-state index in [-0.39, 0.29) is 17.2 Å². The molecular weight excluding hydrogens is 389 g/mol. The standard InChI is InChI=1S/C22H24FN3O2S/c1-4-25(5-2)13-14-26(21(28)17-11-9-16(10-12-17)15(3)27)22-24-20-18(23)7-6-8-19(20)29-22/h6-12H,4-5,13-14H2,1-3H3. The van der Waals surface area contributed by atoms with Gasteiger partial charge in [0.25, 0.3) is 5.91 Å². The summed E-state index contributed by atoms with van der Waals surface area (Å²) in [6.07, 6.45) is 0. The van der Waals surface area contributed by atoms with Gasteiger partial charge in [-0.2, -0.15) is 0 Å². The summed E-state index contributed by atoms with van der Waals surface area (Å²) in [5.74, 6) is -0.664. The highest BCUT2D eigenvalue weighted by Crippen LogP contribution is 2.31. The number of likely N-dealkylation sites (N-methyl/N-ethyl adjacent to an activating group) is 1. The Morgan fingerprint density at radius 3 is 2.24 bits per heavy atom. The summed E-state index contributed by atoms with van der Waals surface area (Å²) in [4.78, 5) is 33.0. The molecule has 0 N–H and O–H groups in total. The molecule has 0 aliphatic heterocycles. The summed E-state index contributed by atoms with van der Waals surface area (Å²) in [5.41, 5.74) is 1.30. The Labute approximate surface area is 173 Å². The topological polar surface area (TPSA) is 53.5 Å². The van der Waals surface area contributed by atoms with E-state index in [4.69, 9.17) is 0 Å². The van der Waals surface area contributed by atoms with Gasteiger partial charge in [0, 0.05) is 24.2 Å². The lowest BCUT2D eigenvalue weighted by Crippen LogP contribution is -2.38. The van der Waals surface area contributed by atoms with Crippen LogP contribution in [0.25, 0.3) is 10.2 Å². The predicted molar refractivity (Wildman–Crippen MR) is 115 cm³/mol. The molecule has 3 rings (SSSR count). The molecule has 0 saturated carbocycles. The quantitative estimate of drug-likeness (QED) is 0.506. The number of rotatable bonds is 8. The van der Waals surface area contributed by atoms with Crippen LogP contribution in [0.5, 0.6) is 0 Å². The number of amides is 1. The summed E-state index contributed by atoms with van der Waals surface area (Å²) in [6.45, 7) is 8.51. The fraction of sp³-hybridized carbons (Fsp3) is 0.318. The number of carbonyl (C=O) groups is 2. The summed E-state index contributed by atoms with van der Waals surface area (Å²) in [7, 11) is 0. The van der Waals surface area contributed by atoms with Crippen molar-refractivity contribution in [2.45, 2.75) is 20.8 Å². The van der Waals surface area contributed by atoms with E-state index in [1.165, 1.54) is 24.3 Å². The zero-order valence-corrected chi connectivity index (χ0v) is 17.6. The van der Waals surface area contributed by atoms with Crippen molar-refractivity contribution in [2.75, 3.05) is 31.1 Å². The molecule has 1 amide bonds. The number of carbonyl (C=O) groups excluding carboxylic acids is 2. The van der Waals surface area contributed by atoms with Crippen LogP contribution in [0.2, 0.25) is 0 Å². The first-order valence-corrected chi connectivity index (χ1v) is 10.5. The number of nitrogens with zero attached hydrogens (tertiary/aromatic N) is 3. The summed E-state index contributed by atoms with van der Waals surface area (Å²) >= 11 is 1.30. The van der Waals surface area contributed by atoms with E-state index < -0.39 is 5.82 Å². The Hall–Kier alpha value is -2.64. The molecular formula is C22H24FN3O2S. The van der Waals surface area contributed by atoms with Crippen LogP contribution in [0.3, 0.4) is 0 Å². The van der Waals surface area contributed by atoms with Crippen molar-refractivity contribution in [3.05, 3.63) is 59.4 Å². The van der Waals surface area contributed by atoms with Gasteiger partial charge in [-0.05, 0) is 44.3 Å². The number of fused-ring (bicyclic) bond motifs is 1. The number of anilines is 1. The molecule has 29 heavy (non-hydrogen) atoms. The minimum atomic E-state index is -0.396. The van der Waals surface area contributed by atoms with Crippen molar-refractivity contribution >= 4 is 38.4 Å². The molecule has 1 aromatic heterocycles. The third-order valence-corrected chi connectivity index (χ3v) is 5.95. The van der Waals surface area contributed by atoms with E-state index in [1.807, 2.05) is 0 Å². The number of halogens is 1. The molecule has 0 aliphatic carbocycles. The molecule has 0 fully saturated rings. The lowest BCUT2D eigenvalue weighted by Gasteiger charge is -2.24. The molecule has 0 spiro atoms. The minimum absolute atomic E-state index is 0.0518. The zero-order valence-electron chi connectivity index (χ0n) is 16.8. The van der Waals surface area contributed by atoms with Crippen LogP contribution in [0.1, 0.15) is 41.5 Å². The highest BCUT2D eigenvalue weighted by atomic mass is 32.1. The number of aromatic nitrogens is 1. The second kappa shape index (κ2) is 9.24. The van der Waals surface area contributed by atoms with E-state index >= 15 is 0 Å². The van der Waals surface area contributed by atoms with Gasteiger partial charge in [-0.1, -0.05) is 43.4 Å². The summed E-state index contributed by atoms with van der Waals surface area (Å²) in [6, 6.07) is 11.4. The highest BCUT2D eigenvalue weighted by Gasteiger charge is 2.22. The van der Waals surface area contributed by atoms with Crippen LogP contribution in [-0.2, 0) is 0 Å². The van der Waals surface area contributed by atoms with Crippen molar-refractivity contribution in [1.82, 2.24) is 9.88 Å². The van der Waals surface area contributed by atoms with Gasteiger partial charge < -0.3 is 4.90 Å². The van der Waals surface area contributed by atoms with Gasteiger partial charge in [0.15, 0.2) is 10.9 Å². The molecule has 0 atom stereocenters. The Balaban J connectivity index is 1.95. The Bertz CT molecular complexity index is 1010. The molecule has 0 radical (unpaired) electrons. The molecule has 0 aliphatic rings. The van der Waals surface area contributed by atoms with Crippen molar-refractivity contribution in [1.29, 1.82) is 0 Å². The molecule has 0 unspecified atom stereocenters. The number of benzene rings is 2. The third kappa shape index (κ3) is 4.68. The van der Waals surface area contributed by atoms with E-state index in [9.17, 15) is 14.0 Å². The van der Waals surface area contributed by atoms with Crippen LogP contribution >= 0.6 is 11.3 Å². The molecule has 7 heteroatoms. The van der Waals surface area contributed by atoms with Crippen LogP contribution in [0.4, 0.5) is 9.52 Å². The fourth-order valence-corrected chi connectivity index (χ4v) is 4.09. The zero-order chi connectivity index (χ0) is 21.0. The number of Topliss-reactive ketones (excluding diaryl/α,β-unsaturated/α-hetero) is 1. The SMILES string of the molecule is CCN(CC)CCN(C(=O)c1ccc(C(C)=O)cc1)c1nc2c(F)cccc2s1. The Morgan fingerprint density at radius 2 is 1.66 bits per heavy atom.